The van der Waals surface area contributed by atoms with E-state index in [9.17, 15) is 4.79 Å². The molecule has 0 N–H and O–H groups in total. The van der Waals surface area contributed by atoms with E-state index < -0.39 is 5.97 Å². The van der Waals surface area contributed by atoms with Crippen LogP contribution in [0.15, 0.2) is 39.7 Å². The normalized spacial score (nSPS) is 18.1. The minimum absolute atomic E-state index is 0.0489. The lowest BCUT2D eigenvalue weighted by Gasteiger charge is -1.96. The van der Waals surface area contributed by atoms with Crippen molar-refractivity contribution in [3.05, 3.63) is 41.1 Å². The van der Waals surface area contributed by atoms with Gasteiger partial charge in [-0.15, -0.1) is 0 Å². The number of carbonyl (C=O) groups is 1. The molecule has 2 heterocycles. The van der Waals surface area contributed by atoms with Crippen molar-refractivity contribution in [1.82, 2.24) is 0 Å². The maximum absolute atomic E-state index is 11.2. The van der Waals surface area contributed by atoms with Crippen LogP contribution < -0.4 is 0 Å². The maximum Gasteiger partial charge on any atom is 0.354 e. The number of cyclic esters (lactones) is 1. The summed E-state index contributed by atoms with van der Waals surface area (Å²) in [5.41, 5.74) is 0.590. The summed E-state index contributed by atoms with van der Waals surface area (Å²) in [5, 5.41) is 8.69. The molecule has 0 aliphatic carbocycles. The summed E-state index contributed by atoms with van der Waals surface area (Å²) in [4.78, 5) is 11.2. The summed E-state index contributed by atoms with van der Waals surface area (Å²) in [5.74, 6) is 0.343. The second-order valence-electron chi connectivity index (χ2n) is 3.03. The van der Waals surface area contributed by atoms with E-state index in [-0.39, 0.29) is 5.57 Å². The largest absolute Gasteiger partial charge is 0.465 e. The summed E-state index contributed by atoms with van der Waals surface area (Å²) < 4.78 is 9.99. The van der Waals surface area contributed by atoms with Gasteiger partial charge in [-0.3, -0.25) is 0 Å². The Morgan fingerprint density at radius 2 is 2.33 bits per heavy atom. The lowest BCUT2D eigenvalue weighted by Crippen LogP contribution is -1.96. The topological polar surface area (TPSA) is 63.2 Å². The van der Waals surface area contributed by atoms with Crippen molar-refractivity contribution < 1.29 is 13.9 Å². The summed E-state index contributed by atoms with van der Waals surface area (Å²) in [7, 11) is 0. The third kappa shape index (κ3) is 1.55. The van der Waals surface area contributed by atoms with Gasteiger partial charge < -0.3 is 9.15 Å². The van der Waals surface area contributed by atoms with E-state index in [1.165, 1.54) is 6.26 Å². The average molecular weight is 201 g/mol. The Balaban J connectivity index is 2.40. The van der Waals surface area contributed by atoms with E-state index in [0.29, 0.717) is 17.1 Å². The van der Waals surface area contributed by atoms with Gasteiger partial charge in [0.25, 0.3) is 0 Å². The van der Waals surface area contributed by atoms with Crippen molar-refractivity contribution in [3.63, 3.8) is 0 Å². The summed E-state index contributed by atoms with van der Waals surface area (Å²) in [6.07, 6.45) is 3.10. The van der Waals surface area contributed by atoms with Crippen molar-refractivity contribution in [2.75, 3.05) is 0 Å². The number of esters is 1. The van der Waals surface area contributed by atoms with Crippen LogP contribution in [0.1, 0.15) is 12.7 Å². The third-order valence-corrected chi connectivity index (χ3v) is 2.08. The van der Waals surface area contributed by atoms with E-state index >= 15 is 0 Å². The molecule has 74 valence electrons. The van der Waals surface area contributed by atoms with Gasteiger partial charge in [0.05, 0.1) is 6.26 Å². The van der Waals surface area contributed by atoms with Crippen LogP contribution in [-0.4, -0.2) is 5.97 Å². The first-order chi connectivity index (χ1) is 7.22. The first-order valence-corrected chi connectivity index (χ1v) is 4.31. The minimum atomic E-state index is -0.604. The van der Waals surface area contributed by atoms with Gasteiger partial charge in [0.15, 0.2) is 0 Å². The van der Waals surface area contributed by atoms with Crippen LogP contribution in [-0.2, 0) is 9.53 Å². The molecule has 0 saturated carbocycles. The Kier molecular flexibility index (Phi) is 2.14. The fourth-order valence-electron chi connectivity index (χ4n) is 1.27. The number of furan rings is 1. The molecule has 0 spiro atoms. The molecule has 0 amide bonds. The Hall–Kier alpha value is -2.28. The van der Waals surface area contributed by atoms with Crippen LogP contribution in [0.4, 0.5) is 0 Å². The third-order valence-electron chi connectivity index (χ3n) is 2.08. The zero-order valence-electron chi connectivity index (χ0n) is 7.98. The number of hydrogen-bond donors (Lipinski definition) is 0. The van der Waals surface area contributed by atoms with Gasteiger partial charge >= 0.3 is 5.97 Å². The monoisotopic (exact) mass is 201 g/mol. The molecule has 0 atom stereocenters. The van der Waals surface area contributed by atoms with Gasteiger partial charge in [0, 0.05) is 11.6 Å². The fourth-order valence-corrected chi connectivity index (χ4v) is 1.27. The number of nitrogens with zero attached hydrogens (tertiary/aromatic N) is 1. The molecule has 15 heavy (non-hydrogen) atoms. The van der Waals surface area contributed by atoms with Crippen LogP contribution in [0.2, 0.25) is 0 Å². The summed E-state index contributed by atoms with van der Waals surface area (Å²) in [6.45, 7) is 1.66. The molecular weight excluding hydrogens is 194 g/mol. The van der Waals surface area contributed by atoms with Crippen molar-refractivity contribution in [3.8, 4) is 6.07 Å². The Bertz CT molecular complexity index is 500. The van der Waals surface area contributed by atoms with Crippen LogP contribution in [0, 0.1) is 11.3 Å². The zero-order valence-corrected chi connectivity index (χ0v) is 7.98. The van der Waals surface area contributed by atoms with Crippen molar-refractivity contribution in [2.24, 2.45) is 0 Å². The van der Waals surface area contributed by atoms with Crippen LogP contribution >= 0.6 is 0 Å². The highest BCUT2D eigenvalue weighted by Crippen LogP contribution is 2.27. The zero-order chi connectivity index (χ0) is 10.8. The van der Waals surface area contributed by atoms with E-state index in [2.05, 4.69) is 0 Å². The molecule has 0 radical (unpaired) electrons. The Morgan fingerprint density at radius 3 is 2.87 bits per heavy atom. The van der Waals surface area contributed by atoms with Gasteiger partial charge in [0.1, 0.15) is 23.2 Å². The predicted octanol–water partition coefficient (Wildman–Crippen LogP) is 2.02. The van der Waals surface area contributed by atoms with E-state index in [1.807, 2.05) is 0 Å². The molecule has 1 aromatic rings. The molecule has 4 nitrogen and oxygen atoms in total. The standard InChI is InChI=1S/C11H7NO3/c1-7-9(6-12)11(13)15-10(7)5-8-3-2-4-14-8/h2-5H,1H3. The fraction of sp³-hybridized carbons (Fsp3) is 0.0909. The molecule has 0 saturated heterocycles. The van der Waals surface area contributed by atoms with E-state index in [1.54, 1.807) is 31.2 Å². The minimum Gasteiger partial charge on any atom is -0.465 e. The molecule has 1 aromatic heterocycles. The molecular formula is C11H7NO3. The van der Waals surface area contributed by atoms with Gasteiger partial charge in [-0.2, -0.15) is 5.26 Å². The average Bonchev–Trinajstić information content (AvgIpc) is 2.78. The van der Waals surface area contributed by atoms with E-state index in [4.69, 9.17) is 14.4 Å². The smallest absolute Gasteiger partial charge is 0.354 e. The predicted molar refractivity (Wildman–Crippen MR) is 51.1 cm³/mol. The van der Waals surface area contributed by atoms with Crippen molar-refractivity contribution >= 4 is 12.0 Å². The highest BCUT2D eigenvalue weighted by molar-refractivity contribution is 5.99. The highest BCUT2D eigenvalue weighted by atomic mass is 16.5. The van der Waals surface area contributed by atoms with Gasteiger partial charge in [-0.1, -0.05) is 0 Å². The number of hydrogen-bond acceptors (Lipinski definition) is 4. The van der Waals surface area contributed by atoms with Crippen molar-refractivity contribution in [1.29, 1.82) is 5.26 Å². The van der Waals surface area contributed by atoms with Crippen LogP contribution in [0.5, 0.6) is 0 Å². The number of carbonyl (C=O) groups excluding carboxylic acids is 1. The number of rotatable bonds is 1. The number of ether oxygens (including phenoxy) is 1. The Morgan fingerprint density at radius 1 is 1.53 bits per heavy atom. The van der Waals surface area contributed by atoms with Crippen molar-refractivity contribution in [2.45, 2.75) is 6.92 Å². The highest BCUT2D eigenvalue weighted by Gasteiger charge is 2.26. The molecule has 2 rings (SSSR count). The second-order valence-corrected chi connectivity index (χ2v) is 3.03. The molecule has 1 aliphatic heterocycles. The quantitative estimate of drug-likeness (QED) is 0.652. The lowest BCUT2D eigenvalue weighted by atomic mass is 10.1. The number of nitriles is 1. The number of allylic oxidation sites excluding steroid dienone is 1. The van der Waals surface area contributed by atoms with E-state index in [0.717, 1.165) is 0 Å². The van der Waals surface area contributed by atoms with Gasteiger partial charge in [-0.25, -0.2) is 4.79 Å². The second kappa shape index (κ2) is 3.46. The molecule has 0 unspecified atom stereocenters. The summed E-state index contributed by atoms with van der Waals surface area (Å²) in [6, 6.07) is 5.27. The first-order valence-electron chi connectivity index (χ1n) is 4.31. The van der Waals surface area contributed by atoms with Crippen LogP contribution in [0.25, 0.3) is 6.08 Å². The van der Waals surface area contributed by atoms with Crippen LogP contribution in [0.3, 0.4) is 0 Å². The molecule has 0 bridgehead atoms. The first kappa shape index (κ1) is 9.28. The van der Waals surface area contributed by atoms with Gasteiger partial charge in [0.2, 0.25) is 0 Å². The lowest BCUT2D eigenvalue weighted by molar-refractivity contribution is -0.132. The molecule has 0 fully saturated rings. The molecule has 0 aromatic carbocycles. The summed E-state index contributed by atoms with van der Waals surface area (Å²) >= 11 is 0. The molecule has 1 aliphatic rings. The maximum atomic E-state index is 11.2. The van der Waals surface area contributed by atoms with Gasteiger partial charge in [-0.05, 0) is 19.1 Å². The Labute approximate surface area is 86.1 Å². The SMILES string of the molecule is CC1=C(C#N)C(=O)OC1=Cc1ccco1. The molecule has 4 heteroatoms.